The minimum atomic E-state index is 0.0262. The Morgan fingerprint density at radius 1 is 1.47 bits per heavy atom. The molecule has 0 aliphatic heterocycles. The maximum Gasteiger partial charge on any atom is 0.216 e. The van der Waals surface area contributed by atoms with Gasteiger partial charge in [0, 0.05) is 28.1 Å². The van der Waals surface area contributed by atoms with E-state index in [2.05, 4.69) is 40.3 Å². The van der Waals surface area contributed by atoms with Crippen LogP contribution in [0.1, 0.15) is 13.8 Å². The van der Waals surface area contributed by atoms with Crippen LogP contribution in [0.2, 0.25) is 0 Å². The fraction of sp³-hybridized carbons (Fsp3) is 0.364. The molecule has 1 rings (SSSR count). The van der Waals surface area contributed by atoms with Crippen LogP contribution in [0.3, 0.4) is 0 Å². The fourth-order valence-corrected chi connectivity index (χ4v) is 2.26. The minimum Gasteiger partial charge on any atom is -0.355 e. The molecule has 0 unspecified atom stereocenters. The van der Waals surface area contributed by atoms with Crippen LogP contribution in [0.15, 0.2) is 33.6 Å². The third kappa shape index (κ3) is 5.23. The Kier molecular flexibility index (Phi) is 5.19. The predicted octanol–water partition coefficient (Wildman–Crippen LogP) is 3.07. The molecule has 0 aliphatic rings. The molecule has 0 saturated carbocycles. The van der Waals surface area contributed by atoms with Gasteiger partial charge in [0.05, 0.1) is 0 Å². The molecular formula is C11H14BrNOS. The molecule has 0 spiro atoms. The van der Waals surface area contributed by atoms with Gasteiger partial charge in [-0.15, -0.1) is 11.8 Å². The lowest BCUT2D eigenvalue weighted by Gasteiger charge is -2.11. The molecule has 0 radical (unpaired) electrons. The van der Waals surface area contributed by atoms with E-state index in [0.29, 0.717) is 11.8 Å². The van der Waals surface area contributed by atoms with Crippen LogP contribution >= 0.6 is 27.7 Å². The van der Waals surface area contributed by atoms with Crippen molar-refractivity contribution in [1.29, 1.82) is 0 Å². The van der Waals surface area contributed by atoms with Crippen LogP contribution < -0.4 is 5.32 Å². The number of amides is 1. The summed E-state index contributed by atoms with van der Waals surface area (Å²) in [6, 6.07) is 8.18. The van der Waals surface area contributed by atoms with Crippen molar-refractivity contribution in [2.75, 3.05) is 6.54 Å². The van der Waals surface area contributed by atoms with Gasteiger partial charge in [0.2, 0.25) is 5.91 Å². The number of rotatable bonds is 4. The zero-order valence-corrected chi connectivity index (χ0v) is 11.2. The van der Waals surface area contributed by atoms with Crippen LogP contribution in [0, 0.1) is 0 Å². The topological polar surface area (TPSA) is 29.1 Å². The summed E-state index contributed by atoms with van der Waals surface area (Å²) in [5.74, 6) is 0.0262. The normalized spacial score (nSPS) is 12.2. The van der Waals surface area contributed by atoms with Crippen molar-refractivity contribution < 1.29 is 4.79 Å². The Labute approximate surface area is 103 Å². The van der Waals surface area contributed by atoms with Gasteiger partial charge in [0.25, 0.3) is 0 Å². The van der Waals surface area contributed by atoms with Crippen molar-refractivity contribution in [1.82, 2.24) is 5.32 Å². The standard InChI is InChI=1S/C11H14BrNOS/c1-8(7-13-9(2)14)15-11-5-3-10(12)4-6-11/h3-6,8H,7H2,1-2H3,(H,13,14)/t8-/m0/s1. The second-order valence-corrected chi connectivity index (χ2v) is 5.75. The van der Waals surface area contributed by atoms with E-state index in [1.54, 1.807) is 11.8 Å². The summed E-state index contributed by atoms with van der Waals surface area (Å²) in [5.41, 5.74) is 0. The molecule has 0 aromatic heterocycles. The molecule has 0 bridgehead atoms. The number of hydrogen-bond acceptors (Lipinski definition) is 2. The Hall–Kier alpha value is -0.480. The van der Waals surface area contributed by atoms with Gasteiger partial charge in [0.1, 0.15) is 0 Å². The first-order valence-electron chi connectivity index (χ1n) is 4.74. The number of carbonyl (C=O) groups is 1. The van der Waals surface area contributed by atoms with E-state index < -0.39 is 0 Å². The van der Waals surface area contributed by atoms with Gasteiger partial charge in [-0.1, -0.05) is 22.9 Å². The van der Waals surface area contributed by atoms with Gasteiger partial charge < -0.3 is 5.32 Å². The Balaban J connectivity index is 2.40. The zero-order valence-electron chi connectivity index (χ0n) is 8.79. The lowest BCUT2D eigenvalue weighted by Crippen LogP contribution is -2.26. The molecule has 0 aliphatic carbocycles. The van der Waals surface area contributed by atoms with Crippen LogP contribution in [0.5, 0.6) is 0 Å². The minimum absolute atomic E-state index is 0.0262. The predicted molar refractivity (Wildman–Crippen MR) is 68.1 cm³/mol. The van der Waals surface area contributed by atoms with E-state index in [-0.39, 0.29) is 5.91 Å². The van der Waals surface area contributed by atoms with Crippen LogP contribution in [-0.4, -0.2) is 17.7 Å². The lowest BCUT2D eigenvalue weighted by molar-refractivity contribution is -0.118. The zero-order chi connectivity index (χ0) is 11.3. The van der Waals surface area contributed by atoms with Crippen molar-refractivity contribution in [3.63, 3.8) is 0 Å². The van der Waals surface area contributed by atoms with Gasteiger partial charge in [-0.05, 0) is 24.3 Å². The Morgan fingerprint density at radius 2 is 2.07 bits per heavy atom. The summed E-state index contributed by atoms with van der Waals surface area (Å²) in [5, 5.41) is 3.19. The lowest BCUT2D eigenvalue weighted by atomic mass is 10.4. The van der Waals surface area contributed by atoms with Crippen molar-refractivity contribution >= 4 is 33.6 Å². The van der Waals surface area contributed by atoms with Crippen molar-refractivity contribution in [2.24, 2.45) is 0 Å². The molecule has 15 heavy (non-hydrogen) atoms. The number of benzene rings is 1. The molecule has 1 amide bonds. The molecule has 1 N–H and O–H groups in total. The number of carbonyl (C=O) groups excluding carboxylic acids is 1. The molecular weight excluding hydrogens is 274 g/mol. The van der Waals surface area contributed by atoms with E-state index in [0.717, 1.165) is 4.47 Å². The maximum atomic E-state index is 10.7. The summed E-state index contributed by atoms with van der Waals surface area (Å²) in [7, 11) is 0. The quantitative estimate of drug-likeness (QED) is 0.863. The average Bonchev–Trinajstić information content (AvgIpc) is 2.19. The first kappa shape index (κ1) is 12.6. The third-order valence-corrected chi connectivity index (χ3v) is 3.43. The highest BCUT2D eigenvalue weighted by Gasteiger charge is 2.04. The summed E-state index contributed by atoms with van der Waals surface area (Å²) in [4.78, 5) is 11.9. The van der Waals surface area contributed by atoms with E-state index in [4.69, 9.17) is 0 Å². The van der Waals surface area contributed by atoms with E-state index >= 15 is 0 Å². The van der Waals surface area contributed by atoms with Gasteiger partial charge in [-0.3, -0.25) is 4.79 Å². The van der Waals surface area contributed by atoms with E-state index in [1.807, 2.05) is 12.1 Å². The van der Waals surface area contributed by atoms with Gasteiger partial charge in [-0.2, -0.15) is 0 Å². The number of thioether (sulfide) groups is 1. The maximum absolute atomic E-state index is 10.7. The molecule has 0 saturated heterocycles. The number of nitrogens with one attached hydrogen (secondary N) is 1. The van der Waals surface area contributed by atoms with Gasteiger partial charge in [-0.25, -0.2) is 0 Å². The third-order valence-electron chi connectivity index (χ3n) is 1.79. The summed E-state index contributed by atoms with van der Waals surface area (Å²) in [6.45, 7) is 4.34. The van der Waals surface area contributed by atoms with Gasteiger partial charge in [0.15, 0.2) is 0 Å². The SMILES string of the molecule is CC(=O)NC[C@H](C)Sc1ccc(Br)cc1. The van der Waals surface area contributed by atoms with Crippen molar-refractivity contribution in [3.05, 3.63) is 28.7 Å². The molecule has 2 nitrogen and oxygen atoms in total. The monoisotopic (exact) mass is 287 g/mol. The fourth-order valence-electron chi connectivity index (χ4n) is 1.07. The Morgan fingerprint density at radius 3 is 2.60 bits per heavy atom. The summed E-state index contributed by atoms with van der Waals surface area (Å²) >= 11 is 5.15. The second-order valence-electron chi connectivity index (χ2n) is 3.32. The largest absolute Gasteiger partial charge is 0.355 e. The van der Waals surface area contributed by atoms with Crippen LogP contribution in [0.25, 0.3) is 0 Å². The first-order chi connectivity index (χ1) is 7.08. The molecule has 0 heterocycles. The highest BCUT2D eigenvalue weighted by Crippen LogP contribution is 2.24. The molecule has 1 aromatic rings. The van der Waals surface area contributed by atoms with Crippen LogP contribution in [-0.2, 0) is 4.79 Å². The van der Waals surface area contributed by atoms with Crippen molar-refractivity contribution in [3.8, 4) is 0 Å². The number of hydrogen-bond donors (Lipinski definition) is 1. The molecule has 0 fully saturated rings. The molecule has 82 valence electrons. The second kappa shape index (κ2) is 6.18. The first-order valence-corrected chi connectivity index (χ1v) is 6.42. The summed E-state index contributed by atoms with van der Waals surface area (Å²) in [6.07, 6.45) is 0. The molecule has 1 atom stereocenters. The molecule has 1 aromatic carbocycles. The summed E-state index contributed by atoms with van der Waals surface area (Å²) < 4.78 is 1.08. The smallest absolute Gasteiger partial charge is 0.216 e. The van der Waals surface area contributed by atoms with Gasteiger partial charge >= 0.3 is 0 Å². The van der Waals surface area contributed by atoms with E-state index in [9.17, 15) is 4.79 Å². The van der Waals surface area contributed by atoms with E-state index in [1.165, 1.54) is 11.8 Å². The highest BCUT2D eigenvalue weighted by molar-refractivity contribution is 9.10. The highest BCUT2D eigenvalue weighted by atomic mass is 79.9. The van der Waals surface area contributed by atoms with Crippen molar-refractivity contribution in [2.45, 2.75) is 24.0 Å². The average molecular weight is 288 g/mol. The Bertz CT molecular complexity index is 326. The molecule has 4 heteroatoms. The van der Waals surface area contributed by atoms with Crippen LogP contribution in [0.4, 0.5) is 0 Å². The number of halogens is 1.